The topological polar surface area (TPSA) is 111 Å². The van der Waals surface area contributed by atoms with Crippen molar-refractivity contribution in [3.8, 4) is 5.75 Å². The fourth-order valence-electron chi connectivity index (χ4n) is 1.49. The monoisotopic (exact) mass is 327 g/mol. The number of nitrogens with one attached hydrogen (secondary N) is 2. The molecule has 22 heavy (non-hydrogen) atoms. The molecular formula is C14H18ClN3O4. The van der Waals surface area contributed by atoms with Gasteiger partial charge in [-0.3, -0.25) is 14.9 Å². The number of hydrogen-bond donors (Lipinski definition) is 3. The average molecular weight is 328 g/mol. The molecule has 0 heterocycles. The third-order valence-electron chi connectivity index (χ3n) is 2.81. The summed E-state index contributed by atoms with van der Waals surface area (Å²) in [4.78, 5) is 34.3. The summed E-state index contributed by atoms with van der Waals surface area (Å²) >= 11 is 5.76. The van der Waals surface area contributed by atoms with E-state index in [1.54, 1.807) is 0 Å². The van der Waals surface area contributed by atoms with Crippen LogP contribution in [0.25, 0.3) is 0 Å². The van der Waals surface area contributed by atoms with Crippen LogP contribution in [0, 0.1) is 0 Å². The van der Waals surface area contributed by atoms with Crippen LogP contribution < -0.4 is 21.1 Å². The lowest BCUT2D eigenvalue weighted by atomic mass is 10.2. The third kappa shape index (κ3) is 5.61. The summed E-state index contributed by atoms with van der Waals surface area (Å²) in [6.45, 7) is 3.28. The summed E-state index contributed by atoms with van der Waals surface area (Å²) in [6.07, 6.45) is 0.741. The minimum atomic E-state index is -0.729. The number of rotatable bonds is 6. The lowest BCUT2D eigenvalue weighted by Gasteiger charge is -2.13. The van der Waals surface area contributed by atoms with E-state index in [0.717, 1.165) is 6.42 Å². The van der Waals surface area contributed by atoms with Gasteiger partial charge in [0.05, 0.1) is 5.56 Å². The molecule has 1 aromatic carbocycles. The van der Waals surface area contributed by atoms with Crippen LogP contribution in [0.5, 0.6) is 5.75 Å². The Morgan fingerprint density at radius 1 is 1.36 bits per heavy atom. The van der Waals surface area contributed by atoms with Gasteiger partial charge in [-0.2, -0.15) is 0 Å². The number of nitrogens with two attached hydrogens (primary N) is 1. The van der Waals surface area contributed by atoms with E-state index in [4.69, 9.17) is 22.1 Å². The van der Waals surface area contributed by atoms with Crippen molar-refractivity contribution in [2.45, 2.75) is 26.3 Å². The van der Waals surface area contributed by atoms with Gasteiger partial charge >= 0.3 is 6.03 Å². The minimum Gasteiger partial charge on any atom is -0.483 e. The number of primary amides is 1. The van der Waals surface area contributed by atoms with Crippen LogP contribution in [0.15, 0.2) is 18.2 Å². The first-order chi connectivity index (χ1) is 10.3. The maximum absolute atomic E-state index is 11.6. The molecule has 8 heteroatoms. The van der Waals surface area contributed by atoms with Crippen molar-refractivity contribution in [3.63, 3.8) is 0 Å². The Bertz CT molecular complexity index is 577. The Morgan fingerprint density at radius 3 is 2.64 bits per heavy atom. The molecule has 4 amide bonds. The smallest absolute Gasteiger partial charge is 0.321 e. The predicted octanol–water partition coefficient (Wildman–Crippen LogP) is 1.44. The number of halogens is 1. The SMILES string of the molecule is CC[C@@H](C)NC(=O)NC(=O)COc1ccc(Cl)cc1C(N)=O. The first kappa shape index (κ1) is 17.8. The van der Waals surface area contributed by atoms with Crippen molar-refractivity contribution in [3.05, 3.63) is 28.8 Å². The fraction of sp³-hybridized carbons (Fsp3) is 0.357. The van der Waals surface area contributed by atoms with Crippen molar-refractivity contribution < 1.29 is 19.1 Å². The van der Waals surface area contributed by atoms with Gasteiger partial charge in [-0.25, -0.2) is 4.79 Å². The van der Waals surface area contributed by atoms with Gasteiger partial charge in [0, 0.05) is 11.1 Å². The standard InChI is InChI=1S/C14H18ClN3O4/c1-3-8(2)17-14(21)18-12(19)7-22-11-5-4-9(15)6-10(11)13(16)20/h4-6,8H,3,7H2,1-2H3,(H2,16,20)(H2,17,18,19,21)/t8-/m1/s1. The van der Waals surface area contributed by atoms with Crippen molar-refractivity contribution in [2.75, 3.05) is 6.61 Å². The Hall–Kier alpha value is -2.28. The predicted molar refractivity (Wildman–Crippen MR) is 81.9 cm³/mol. The molecule has 0 unspecified atom stereocenters. The lowest BCUT2D eigenvalue weighted by molar-refractivity contribution is -0.122. The highest BCUT2D eigenvalue weighted by atomic mass is 35.5. The highest BCUT2D eigenvalue weighted by Gasteiger charge is 2.14. The largest absolute Gasteiger partial charge is 0.483 e. The van der Waals surface area contributed by atoms with Crippen molar-refractivity contribution in [1.82, 2.24) is 10.6 Å². The summed E-state index contributed by atoms with van der Waals surface area (Å²) in [5.74, 6) is -1.26. The second-order valence-electron chi connectivity index (χ2n) is 4.62. The van der Waals surface area contributed by atoms with Crippen LogP contribution in [0.4, 0.5) is 4.79 Å². The van der Waals surface area contributed by atoms with Gasteiger partial charge < -0.3 is 15.8 Å². The first-order valence-electron chi connectivity index (χ1n) is 6.66. The van der Waals surface area contributed by atoms with Gasteiger partial charge in [-0.05, 0) is 31.5 Å². The summed E-state index contributed by atoms with van der Waals surface area (Å²) in [7, 11) is 0. The summed E-state index contributed by atoms with van der Waals surface area (Å²) in [5.41, 5.74) is 5.26. The van der Waals surface area contributed by atoms with Crippen LogP contribution >= 0.6 is 11.6 Å². The molecule has 7 nitrogen and oxygen atoms in total. The Kier molecular flexibility index (Phi) is 6.65. The molecule has 0 bridgehead atoms. The molecule has 0 saturated heterocycles. The first-order valence-corrected chi connectivity index (χ1v) is 7.03. The Balaban J connectivity index is 2.58. The molecule has 0 aliphatic carbocycles. The van der Waals surface area contributed by atoms with Crippen LogP contribution in [-0.2, 0) is 4.79 Å². The molecule has 1 atom stereocenters. The van der Waals surface area contributed by atoms with Gasteiger partial charge in [-0.1, -0.05) is 18.5 Å². The minimum absolute atomic E-state index is 0.0496. The number of ether oxygens (including phenoxy) is 1. The molecule has 4 N–H and O–H groups in total. The van der Waals surface area contributed by atoms with Crippen LogP contribution in [0.3, 0.4) is 0 Å². The van der Waals surface area contributed by atoms with Gasteiger partial charge in [-0.15, -0.1) is 0 Å². The zero-order valence-corrected chi connectivity index (χ0v) is 13.1. The molecule has 0 aromatic heterocycles. The summed E-state index contributed by atoms with van der Waals surface area (Å²) in [5, 5.41) is 5.02. The van der Waals surface area contributed by atoms with Crippen molar-refractivity contribution in [2.24, 2.45) is 5.73 Å². The number of benzene rings is 1. The molecule has 0 radical (unpaired) electrons. The second kappa shape index (κ2) is 8.23. The molecule has 1 rings (SSSR count). The van der Waals surface area contributed by atoms with E-state index >= 15 is 0 Å². The number of hydrogen-bond acceptors (Lipinski definition) is 4. The van der Waals surface area contributed by atoms with E-state index in [2.05, 4.69) is 10.6 Å². The van der Waals surface area contributed by atoms with Crippen LogP contribution in [0.1, 0.15) is 30.6 Å². The molecule has 0 saturated carbocycles. The van der Waals surface area contributed by atoms with Gasteiger partial charge in [0.25, 0.3) is 11.8 Å². The highest BCUT2D eigenvalue weighted by Crippen LogP contribution is 2.22. The molecular weight excluding hydrogens is 310 g/mol. The lowest BCUT2D eigenvalue weighted by Crippen LogP contribution is -2.44. The Morgan fingerprint density at radius 2 is 2.05 bits per heavy atom. The van der Waals surface area contributed by atoms with Gasteiger partial charge in [0.2, 0.25) is 0 Å². The fourth-order valence-corrected chi connectivity index (χ4v) is 1.66. The highest BCUT2D eigenvalue weighted by molar-refractivity contribution is 6.31. The van der Waals surface area contributed by atoms with Gasteiger partial charge in [0.15, 0.2) is 6.61 Å². The quantitative estimate of drug-likeness (QED) is 0.734. The number of amides is 4. The zero-order valence-electron chi connectivity index (χ0n) is 12.3. The maximum Gasteiger partial charge on any atom is 0.321 e. The van der Waals surface area contributed by atoms with Gasteiger partial charge in [0.1, 0.15) is 5.75 Å². The van der Waals surface area contributed by atoms with Crippen LogP contribution in [0.2, 0.25) is 5.02 Å². The van der Waals surface area contributed by atoms with E-state index in [0.29, 0.717) is 5.02 Å². The van der Waals surface area contributed by atoms with E-state index in [1.807, 2.05) is 13.8 Å². The molecule has 0 aliphatic rings. The summed E-state index contributed by atoms with van der Waals surface area (Å²) in [6, 6.07) is 3.61. The molecule has 0 aliphatic heterocycles. The zero-order chi connectivity index (χ0) is 16.7. The number of carbonyl (C=O) groups is 3. The van der Waals surface area contributed by atoms with E-state index in [9.17, 15) is 14.4 Å². The van der Waals surface area contributed by atoms with Crippen molar-refractivity contribution >= 4 is 29.4 Å². The average Bonchev–Trinajstić information content (AvgIpc) is 2.45. The molecule has 1 aromatic rings. The maximum atomic E-state index is 11.6. The molecule has 0 spiro atoms. The second-order valence-corrected chi connectivity index (χ2v) is 5.06. The molecule has 120 valence electrons. The summed E-state index contributed by atoms with van der Waals surface area (Å²) < 4.78 is 5.20. The normalized spacial score (nSPS) is 11.4. The molecule has 0 fully saturated rings. The van der Waals surface area contributed by atoms with E-state index in [1.165, 1.54) is 18.2 Å². The third-order valence-corrected chi connectivity index (χ3v) is 3.04. The Labute approximate surface area is 133 Å². The van der Waals surface area contributed by atoms with E-state index < -0.39 is 24.5 Å². The van der Waals surface area contributed by atoms with Crippen molar-refractivity contribution in [1.29, 1.82) is 0 Å². The van der Waals surface area contributed by atoms with Crippen LogP contribution in [-0.4, -0.2) is 30.5 Å². The number of imide groups is 1. The van der Waals surface area contributed by atoms with E-state index in [-0.39, 0.29) is 17.4 Å². The number of carbonyl (C=O) groups excluding carboxylic acids is 3. The number of urea groups is 1.